The third kappa shape index (κ3) is 2.37. The second-order valence-electron chi connectivity index (χ2n) is 5.98. The van der Waals surface area contributed by atoms with Gasteiger partial charge in [-0.05, 0) is 19.1 Å². The predicted molar refractivity (Wildman–Crippen MR) is 92.1 cm³/mol. The molecular formula is C19H18N2O3. The molecule has 2 N–H and O–H groups in total. The molecule has 2 aromatic rings. The average molecular weight is 322 g/mol. The molecule has 4 rings (SSSR count). The number of hydrogen-bond donors (Lipinski definition) is 2. The van der Waals surface area contributed by atoms with E-state index in [-0.39, 0.29) is 17.7 Å². The summed E-state index contributed by atoms with van der Waals surface area (Å²) in [5.41, 5.74) is 3.25. The summed E-state index contributed by atoms with van der Waals surface area (Å²) in [7, 11) is 0. The minimum absolute atomic E-state index is 0.109. The van der Waals surface area contributed by atoms with E-state index >= 15 is 0 Å². The van der Waals surface area contributed by atoms with Crippen molar-refractivity contribution in [1.29, 1.82) is 0 Å². The van der Waals surface area contributed by atoms with Crippen LogP contribution in [-0.4, -0.2) is 37.4 Å². The summed E-state index contributed by atoms with van der Waals surface area (Å²) in [5.74, 6) is -0.221. The molecule has 1 saturated heterocycles. The lowest BCUT2D eigenvalue weighted by atomic mass is 9.82. The average Bonchev–Trinajstić information content (AvgIpc) is 3.43. The summed E-state index contributed by atoms with van der Waals surface area (Å²) >= 11 is 0. The molecule has 1 heterocycles. The summed E-state index contributed by atoms with van der Waals surface area (Å²) in [5, 5.41) is 6.46. The van der Waals surface area contributed by atoms with Crippen LogP contribution in [0.25, 0.3) is 0 Å². The molecule has 1 atom stereocenters. The van der Waals surface area contributed by atoms with Crippen molar-refractivity contribution < 1.29 is 14.3 Å². The van der Waals surface area contributed by atoms with E-state index in [4.69, 9.17) is 4.74 Å². The van der Waals surface area contributed by atoms with Crippen LogP contribution in [0.3, 0.4) is 0 Å². The van der Waals surface area contributed by atoms with E-state index in [1.165, 1.54) is 0 Å². The van der Waals surface area contributed by atoms with Gasteiger partial charge in [-0.1, -0.05) is 24.3 Å². The number of hydrogen-bond acceptors (Lipinski definition) is 5. The molecule has 5 heteroatoms. The minimum Gasteiger partial charge on any atom is -0.385 e. The van der Waals surface area contributed by atoms with Crippen molar-refractivity contribution in [3.63, 3.8) is 0 Å². The third-order valence-corrected chi connectivity index (χ3v) is 4.37. The molecule has 1 unspecified atom stereocenters. The van der Waals surface area contributed by atoms with E-state index in [0.29, 0.717) is 46.7 Å². The van der Waals surface area contributed by atoms with E-state index in [9.17, 15) is 9.59 Å². The molecule has 0 bridgehead atoms. The number of ketones is 2. The molecule has 24 heavy (non-hydrogen) atoms. The SMILES string of the molecule is CCNc1ccc(NCC2CO2)c2c1C(=O)c1ccccc1C2=O. The van der Waals surface area contributed by atoms with E-state index < -0.39 is 0 Å². The van der Waals surface area contributed by atoms with Crippen LogP contribution in [0, 0.1) is 0 Å². The van der Waals surface area contributed by atoms with Gasteiger partial charge in [-0.3, -0.25) is 9.59 Å². The standard InChI is InChI=1S/C19H18N2O3/c1-2-20-14-7-8-15(21-9-11-10-24-11)17-16(14)18(22)12-5-3-4-6-13(12)19(17)23/h3-8,11,20-21H,2,9-10H2,1H3. The van der Waals surface area contributed by atoms with Gasteiger partial charge in [-0.15, -0.1) is 0 Å². The topological polar surface area (TPSA) is 70.7 Å². The van der Waals surface area contributed by atoms with Gasteiger partial charge >= 0.3 is 0 Å². The Morgan fingerprint density at radius 3 is 2.00 bits per heavy atom. The first-order valence-electron chi connectivity index (χ1n) is 8.15. The first-order chi connectivity index (χ1) is 11.7. The van der Waals surface area contributed by atoms with Crippen LogP contribution in [0.2, 0.25) is 0 Å². The van der Waals surface area contributed by atoms with Gasteiger partial charge in [-0.25, -0.2) is 0 Å². The normalized spacial score (nSPS) is 18.0. The van der Waals surface area contributed by atoms with Gasteiger partial charge in [0, 0.05) is 35.6 Å². The molecule has 0 aromatic heterocycles. The first kappa shape index (κ1) is 14.9. The van der Waals surface area contributed by atoms with E-state index in [1.54, 1.807) is 24.3 Å². The van der Waals surface area contributed by atoms with Crippen molar-refractivity contribution in [3.05, 3.63) is 58.7 Å². The zero-order valence-corrected chi connectivity index (χ0v) is 13.4. The number of rotatable bonds is 5. The lowest BCUT2D eigenvalue weighted by molar-refractivity contribution is 0.0980. The summed E-state index contributed by atoms with van der Waals surface area (Å²) < 4.78 is 5.21. The van der Waals surface area contributed by atoms with Crippen LogP contribution in [0.15, 0.2) is 36.4 Å². The van der Waals surface area contributed by atoms with Gasteiger partial charge in [0.15, 0.2) is 11.6 Å². The third-order valence-electron chi connectivity index (χ3n) is 4.37. The highest BCUT2D eigenvalue weighted by Crippen LogP contribution is 2.36. The number of carbonyl (C=O) groups excluding carboxylic acids is 2. The summed E-state index contributed by atoms with van der Waals surface area (Å²) in [6, 6.07) is 10.7. The maximum Gasteiger partial charge on any atom is 0.196 e. The van der Waals surface area contributed by atoms with Crippen LogP contribution >= 0.6 is 0 Å². The molecule has 122 valence electrons. The van der Waals surface area contributed by atoms with Crippen molar-refractivity contribution in [2.75, 3.05) is 30.3 Å². The lowest BCUT2D eigenvalue weighted by Crippen LogP contribution is -2.24. The highest BCUT2D eigenvalue weighted by atomic mass is 16.6. The maximum absolute atomic E-state index is 13.0. The second-order valence-corrected chi connectivity index (χ2v) is 5.98. The largest absolute Gasteiger partial charge is 0.385 e. The van der Waals surface area contributed by atoms with Gasteiger partial charge in [-0.2, -0.15) is 0 Å². The number of anilines is 2. The minimum atomic E-state index is -0.112. The van der Waals surface area contributed by atoms with Crippen LogP contribution in [-0.2, 0) is 4.74 Å². The van der Waals surface area contributed by atoms with Crippen LogP contribution in [0.1, 0.15) is 38.8 Å². The number of fused-ring (bicyclic) bond motifs is 2. The van der Waals surface area contributed by atoms with E-state index in [0.717, 1.165) is 6.61 Å². The molecule has 1 fully saturated rings. The molecular weight excluding hydrogens is 304 g/mol. The number of benzene rings is 2. The fourth-order valence-electron chi connectivity index (χ4n) is 3.12. The molecule has 2 aromatic carbocycles. The summed E-state index contributed by atoms with van der Waals surface area (Å²) in [6.45, 7) is 4.01. The quantitative estimate of drug-likeness (QED) is 0.707. The monoisotopic (exact) mass is 322 g/mol. The highest BCUT2D eigenvalue weighted by Gasteiger charge is 2.34. The van der Waals surface area contributed by atoms with Crippen molar-refractivity contribution in [2.24, 2.45) is 0 Å². The molecule has 1 aliphatic heterocycles. The Morgan fingerprint density at radius 2 is 1.50 bits per heavy atom. The van der Waals surface area contributed by atoms with E-state index in [1.807, 2.05) is 19.1 Å². The van der Waals surface area contributed by atoms with Crippen LogP contribution < -0.4 is 10.6 Å². The van der Waals surface area contributed by atoms with Crippen molar-refractivity contribution in [3.8, 4) is 0 Å². The molecule has 1 aliphatic carbocycles. The predicted octanol–water partition coefficient (Wildman–Crippen LogP) is 2.70. The van der Waals surface area contributed by atoms with Crippen molar-refractivity contribution in [1.82, 2.24) is 0 Å². The van der Waals surface area contributed by atoms with Crippen molar-refractivity contribution >= 4 is 22.9 Å². The Balaban J connectivity index is 1.86. The Bertz CT molecular complexity index is 841. The molecule has 5 nitrogen and oxygen atoms in total. The fraction of sp³-hybridized carbons (Fsp3) is 0.263. The number of epoxide rings is 1. The number of carbonyl (C=O) groups is 2. The second kappa shape index (κ2) is 5.76. The Hall–Kier alpha value is -2.66. The van der Waals surface area contributed by atoms with Gasteiger partial charge in [0.1, 0.15) is 0 Å². The maximum atomic E-state index is 13.0. The van der Waals surface area contributed by atoms with E-state index in [2.05, 4.69) is 10.6 Å². The highest BCUT2D eigenvalue weighted by molar-refractivity contribution is 6.31. The van der Waals surface area contributed by atoms with Gasteiger partial charge in [0.2, 0.25) is 0 Å². The van der Waals surface area contributed by atoms with Crippen LogP contribution in [0.5, 0.6) is 0 Å². The van der Waals surface area contributed by atoms with Gasteiger partial charge in [0.25, 0.3) is 0 Å². The first-order valence-corrected chi connectivity index (χ1v) is 8.15. The zero-order valence-electron chi connectivity index (χ0n) is 13.4. The molecule has 0 amide bonds. The van der Waals surface area contributed by atoms with Crippen LogP contribution in [0.4, 0.5) is 11.4 Å². The molecule has 0 spiro atoms. The van der Waals surface area contributed by atoms with Gasteiger partial charge in [0.05, 0.1) is 23.8 Å². The lowest BCUT2D eigenvalue weighted by Gasteiger charge is -2.23. The number of nitrogens with one attached hydrogen (secondary N) is 2. The molecule has 0 radical (unpaired) electrons. The molecule has 2 aliphatic rings. The van der Waals surface area contributed by atoms with Crippen molar-refractivity contribution in [2.45, 2.75) is 13.0 Å². The fourth-order valence-corrected chi connectivity index (χ4v) is 3.12. The molecule has 0 saturated carbocycles. The summed E-state index contributed by atoms with van der Waals surface area (Å²) in [6.07, 6.45) is 0.191. The Labute approximate surface area is 140 Å². The smallest absolute Gasteiger partial charge is 0.196 e. The van der Waals surface area contributed by atoms with Gasteiger partial charge < -0.3 is 15.4 Å². The Morgan fingerprint density at radius 1 is 0.958 bits per heavy atom. The Kier molecular flexibility index (Phi) is 3.58. The zero-order chi connectivity index (χ0) is 16.7. The number of ether oxygens (including phenoxy) is 1. The summed E-state index contributed by atoms with van der Waals surface area (Å²) in [4.78, 5) is 26.0.